The number of sulfonamides is 1. The third-order valence-corrected chi connectivity index (χ3v) is 4.82. The van der Waals surface area contributed by atoms with Crippen molar-refractivity contribution in [1.82, 2.24) is 4.72 Å². The number of hydrogen-bond acceptors (Lipinski definition) is 3. The summed E-state index contributed by atoms with van der Waals surface area (Å²) in [5, 5.41) is 10.5. The fraction of sp³-hybridized carbons (Fsp3) is 0.250. The van der Waals surface area contributed by atoms with Gasteiger partial charge in [-0.3, -0.25) is 0 Å². The zero-order valence-electron chi connectivity index (χ0n) is 12.1. The highest BCUT2D eigenvalue weighted by Crippen LogP contribution is 2.28. The summed E-state index contributed by atoms with van der Waals surface area (Å²) in [4.78, 5) is 0.117. The molecule has 5 heteroatoms. The molecule has 0 radical (unpaired) electrons. The van der Waals surface area contributed by atoms with E-state index in [0.29, 0.717) is 17.7 Å². The summed E-state index contributed by atoms with van der Waals surface area (Å²) in [5.74, 6) is 0. The van der Waals surface area contributed by atoms with E-state index in [1.807, 2.05) is 25.1 Å². The average molecular weight is 305 g/mol. The summed E-state index contributed by atoms with van der Waals surface area (Å²) >= 11 is 0. The molecule has 0 spiro atoms. The fourth-order valence-corrected chi connectivity index (χ4v) is 3.47. The summed E-state index contributed by atoms with van der Waals surface area (Å²) < 4.78 is 27.0. The molecular weight excluding hydrogens is 286 g/mol. The summed E-state index contributed by atoms with van der Waals surface area (Å²) in [6.45, 7) is 3.89. The lowest BCUT2D eigenvalue weighted by atomic mass is 10.00. The van der Waals surface area contributed by atoms with Crippen molar-refractivity contribution in [3.63, 3.8) is 0 Å². The summed E-state index contributed by atoms with van der Waals surface area (Å²) in [6, 6.07) is 14.0. The van der Waals surface area contributed by atoms with Crippen LogP contribution in [0.2, 0.25) is 0 Å². The molecule has 1 unspecified atom stereocenters. The SMILES string of the molecule is CCNS(=O)(=O)c1ccc(C)cc1C(O)c1ccccc1. The van der Waals surface area contributed by atoms with Crippen LogP contribution in [-0.4, -0.2) is 20.1 Å². The fourth-order valence-electron chi connectivity index (χ4n) is 2.21. The molecule has 0 bridgehead atoms. The minimum absolute atomic E-state index is 0.117. The Bertz CT molecular complexity index is 712. The maximum Gasteiger partial charge on any atom is 0.240 e. The van der Waals surface area contributed by atoms with Crippen molar-refractivity contribution in [2.45, 2.75) is 24.8 Å². The number of aryl methyl sites for hydroxylation is 1. The molecule has 2 aromatic carbocycles. The van der Waals surface area contributed by atoms with Gasteiger partial charge in [-0.15, -0.1) is 0 Å². The first-order chi connectivity index (χ1) is 9.95. The summed E-state index contributed by atoms with van der Waals surface area (Å²) in [7, 11) is -3.62. The van der Waals surface area contributed by atoms with E-state index >= 15 is 0 Å². The first kappa shape index (κ1) is 15.7. The Morgan fingerprint density at radius 2 is 1.81 bits per heavy atom. The highest BCUT2D eigenvalue weighted by molar-refractivity contribution is 7.89. The Labute approximate surface area is 125 Å². The average Bonchev–Trinajstić information content (AvgIpc) is 2.47. The molecule has 0 saturated carbocycles. The smallest absolute Gasteiger partial charge is 0.240 e. The molecule has 2 rings (SSSR count). The van der Waals surface area contributed by atoms with Crippen molar-refractivity contribution >= 4 is 10.0 Å². The molecule has 0 amide bonds. The van der Waals surface area contributed by atoms with Gasteiger partial charge in [0, 0.05) is 12.1 Å². The number of benzene rings is 2. The van der Waals surface area contributed by atoms with Gasteiger partial charge < -0.3 is 5.11 Å². The third-order valence-electron chi connectivity index (χ3n) is 3.20. The van der Waals surface area contributed by atoms with Crippen molar-refractivity contribution in [3.05, 3.63) is 65.2 Å². The molecule has 112 valence electrons. The third kappa shape index (κ3) is 3.50. The molecule has 2 N–H and O–H groups in total. The molecule has 0 aliphatic heterocycles. The van der Waals surface area contributed by atoms with Gasteiger partial charge in [0.1, 0.15) is 6.10 Å². The molecule has 0 aliphatic carbocycles. The van der Waals surface area contributed by atoms with Gasteiger partial charge in [0.25, 0.3) is 0 Å². The summed E-state index contributed by atoms with van der Waals surface area (Å²) in [5.41, 5.74) is 1.95. The molecule has 0 saturated heterocycles. The van der Waals surface area contributed by atoms with E-state index in [-0.39, 0.29) is 4.90 Å². The van der Waals surface area contributed by atoms with Gasteiger partial charge in [-0.2, -0.15) is 0 Å². The van der Waals surface area contributed by atoms with Gasteiger partial charge in [-0.1, -0.05) is 55.0 Å². The Morgan fingerprint density at radius 1 is 1.14 bits per heavy atom. The molecule has 0 aliphatic rings. The van der Waals surface area contributed by atoms with Gasteiger partial charge in [0.15, 0.2) is 0 Å². The van der Waals surface area contributed by atoms with Crippen LogP contribution in [0.5, 0.6) is 0 Å². The maximum atomic E-state index is 12.3. The molecular formula is C16H19NO3S. The van der Waals surface area contributed by atoms with Crippen LogP contribution in [0, 0.1) is 6.92 Å². The monoisotopic (exact) mass is 305 g/mol. The van der Waals surface area contributed by atoms with Crippen LogP contribution in [0.4, 0.5) is 0 Å². The largest absolute Gasteiger partial charge is 0.384 e. The van der Waals surface area contributed by atoms with E-state index in [1.165, 1.54) is 6.07 Å². The number of rotatable bonds is 5. The summed E-state index contributed by atoms with van der Waals surface area (Å²) in [6.07, 6.45) is -0.977. The van der Waals surface area contributed by atoms with Gasteiger partial charge in [0.05, 0.1) is 4.90 Å². The normalized spacial score (nSPS) is 13.1. The van der Waals surface area contributed by atoms with Gasteiger partial charge in [-0.05, 0) is 18.6 Å². The lowest BCUT2D eigenvalue weighted by molar-refractivity contribution is 0.217. The lowest BCUT2D eigenvalue weighted by Crippen LogP contribution is -2.25. The topological polar surface area (TPSA) is 66.4 Å². The van der Waals surface area contributed by atoms with Crippen LogP contribution < -0.4 is 4.72 Å². The number of aliphatic hydroxyl groups is 1. The van der Waals surface area contributed by atoms with E-state index in [4.69, 9.17) is 0 Å². The quantitative estimate of drug-likeness (QED) is 0.891. The Hall–Kier alpha value is -1.69. The van der Waals surface area contributed by atoms with E-state index in [1.54, 1.807) is 31.2 Å². The Kier molecular flexibility index (Phi) is 4.77. The second-order valence-electron chi connectivity index (χ2n) is 4.86. The number of aliphatic hydroxyl groups excluding tert-OH is 1. The van der Waals surface area contributed by atoms with E-state index in [0.717, 1.165) is 5.56 Å². The first-order valence-corrected chi connectivity index (χ1v) is 8.27. The Balaban J connectivity index is 2.55. The molecule has 0 heterocycles. The highest BCUT2D eigenvalue weighted by atomic mass is 32.2. The second kappa shape index (κ2) is 6.39. The molecule has 21 heavy (non-hydrogen) atoms. The Morgan fingerprint density at radius 3 is 2.43 bits per heavy atom. The van der Waals surface area contributed by atoms with Crippen LogP contribution in [0.1, 0.15) is 29.7 Å². The maximum absolute atomic E-state index is 12.3. The predicted molar refractivity (Wildman–Crippen MR) is 82.5 cm³/mol. The van der Waals surface area contributed by atoms with Crippen LogP contribution in [0.25, 0.3) is 0 Å². The number of hydrogen-bond donors (Lipinski definition) is 2. The van der Waals surface area contributed by atoms with Gasteiger partial charge in [0.2, 0.25) is 10.0 Å². The van der Waals surface area contributed by atoms with Crippen LogP contribution in [-0.2, 0) is 10.0 Å². The first-order valence-electron chi connectivity index (χ1n) is 6.79. The molecule has 2 aromatic rings. The molecule has 4 nitrogen and oxygen atoms in total. The van der Waals surface area contributed by atoms with Crippen LogP contribution in [0.3, 0.4) is 0 Å². The lowest BCUT2D eigenvalue weighted by Gasteiger charge is -2.17. The van der Waals surface area contributed by atoms with Crippen LogP contribution >= 0.6 is 0 Å². The minimum Gasteiger partial charge on any atom is -0.384 e. The van der Waals surface area contributed by atoms with Crippen molar-refractivity contribution in [2.75, 3.05) is 6.54 Å². The minimum atomic E-state index is -3.62. The zero-order valence-corrected chi connectivity index (χ0v) is 12.9. The van der Waals surface area contributed by atoms with Crippen molar-refractivity contribution in [1.29, 1.82) is 0 Å². The second-order valence-corrected chi connectivity index (χ2v) is 6.59. The van der Waals surface area contributed by atoms with Gasteiger partial charge >= 0.3 is 0 Å². The van der Waals surface area contributed by atoms with Crippen LogP contribution in [0.15, 0.2) is 53.4 Å². The molecule has 0 fully saturated rings. The van der Waals surface area contributed by atoms with E-state index in [9.17, 15) is 13.5 Å². The molecule has 1 atom stereocenters. The van der Waals surface area contributed by atoms with Crippen molar-refractivity contribution < 1.29 is 13.5 Å². The molecule has 0 aromatic heterocycles. The zero-order chi connectivity index (χ0) is 15.5. The van der Waals surface area contributed by atoms with Gasteiger partial charge in [-0.25, -0.2) is 13.1 Å². The van der Waals surface area contributed by atoms with E-state index in [2.05, 4.69) is 4.72 Å². The predicted octanol–water partition coefficient (Wildman–Crippen LogP) is 2.37. The highest BCUT2D eigenvalue weighted by Gasteiger charge is 2.22. The number of nitrogens with one attached hydrogen (secondary N) is 1. The van der Waals surface area contributed by atoms with E-state index < -0.39 is 16.1 Å². The standard InChI is InChI=1S/C16H19NO3S/c1-3-17-21(19,20)15-10-9-12(2)11-14(15)16(18)13-7-5-4-6-8-13/h4-11,16-18H,3H2,1-2H3. The van der Waals surface area contributed by atoms with Crippen molar-refractivity contribution in [2.24, 2.45) is 0 Å². The van der Waals surface area contributed by atoms with Crippen molar-refractivity contribution in [3.8, 4) is 0 Å².